The van der Waals surface area contributed by atoms with Crippen LogP contribution in [0.5, 0.6) is 5.75 Å². The Morgan fingerprint density at radius 1 is 1.17 bits per heavy atom. The van der Waals surface area contributed by atoms with E-state index in [0.717, 1.165) is 31.2 Å². The summed E-state index contributed by atoms with van der Waals surface area (Å²) in [5, 5.41) is 9.86. The molecule has 0 amide bonds. The molecule has 1 aromatic rings. The zero-order chi connectivity index (χ0) is 12.5. The van der Waals surface area contributed by atoms with E-state index in [1.54, 1.807) is 6.07 Å². The van der Waals surface area contributed by atoms with Crippen LogP contribution in [-0.4, -0.2) is 47.1 Å². The summed E-state index contributed by atoms with van der Waals surface area (Å²) in [4.78, 5) is 5.06. The highest BCUT2D eigenvalue weighted by atomic mass is 16.3. The molecule has 2 atom stereocenters. The Morgan fingerprint density at radius 2 is 1.94 bits per heavy atom. The van der Waals surface area contributed by atoms with Crippen molar-refractivity contribution in [1.29, 1.82) is 0 Å². The van der Waals surface area contributed by atoms with Crippen LogP contribution in [0, 0.1) is 0 Å². The van der Waals surface area contributed by atoms with Crippen LogP contribution in [0.1, 0.15) is 24.8 Å². The first kappa shape index (κ1) is 12.0. The molecular weight excluding hydrogens is 224 g/mol. The van der Waals surface area contributed by atoms with E-state index >= 15 is 0 Å². The molecule has 1 N–H and O–H groups in total. The van der Waals surface area contributed by atoms with Crippen molar-refractivity contribution < 1.29 is 5.11 Å². The minimum absolute atomic E-state index is 0.431. The van der Waals surface area contributed by atoms with Crippen LogP contribution in [0.25, 0.3) is 0 Å². The third-order valence-corrected chi connectivity index (χ3v) is 4.62. The first-order valence-corrected chi connectivity index (χ1v) is 6.95. The van der Waals surface area contributed by atoms with Gasteiger partial charge in [-0.15, -0.1) is 0 Å². The van der Waals surface area contributed by atoms with E-state index in [-0.39, 0.29) is 0 Å². The number of rotatable bonds is 2. The Balaban J connectivity index is 1.69. The molecule has 18 heavy (non-hydrogen) atoms. The molecule has 2 aliphatic heterocycles. The molecule has 0 saturated carbocycles. The molecule has 0 spiro atoms. The third kappa shape index (κ3) is 2.25. The molecule has 0 aliphatic carbocycles. The summed E-state index contributed by atoms with van der Waals surface area (Å²) >= 11 is 0. The molecule has 0 aromatic heterocycles. The molecule has 2 bridgehead atoms. The summed E-state index contributed by atoms with van der Waals surface area (Å²) in [6.07, 6.45) is 3.96. The summed E-state index contributed by atoms with van der Waals surface area (Å²) in [6.45, 7) is 3.17. The first-order valence-electron chi connectivity index (χ1n) is 6.95. The quantitative estimate of drug-likeness (QED) is 0.865. The third-order valence-electron chi connectivity index (χ3n) is 4.62. The van der Waals surface area contributed by atoms with Crippen LogP contribution in [0.15, 0.2) is 24.3 Å². The van der Waals surface area contributed by atoms with Crippen LogP contribution < -0.4 is 0 Å². The fourth-order valence-corrected chi connectivity index (χ4v) is 3.41. The number of aromatic hydroxyl groups is 1. The Morgan fingerprint density at radius 3 is 2.78 bits per heavy atom. The molecule has 3 heteroatoms. The Hall–Kier alpha value is -1.06. The summed E-state index contributed by atoms with van der Waals surface area (Å²) in [7, 11) is 2.27. The van der Waals surface area contributed by atoms with Gasteiger partial charge < -0.3 is 5.11 Å². The lowest BCUT2D eigenvalue weighted by atomic mass is 10.1. The van der Waals surface area contributed by atoms with Crippen molar-refractivity contribution in [2.24, 2.45) is 0 Å². The fourth-order valence-electron chi connectivity index (χ4n) is 3.41. The van der Waals surface area contributed by atoms with Gasteiger partial charge in [0.15, 0.2) is 0 Å². The number of phenols is 1. The monoisotopic (exact) mass is 246 g/mol. The zero-order valence-electron chi connectivity index (χ0n) is 11.0. The standard InChI is InChI=1S/C15H22N2O/c1-16-13-6-7-14(16)11-17(9-8-13)10-12-4-2-3-5-15(12)18/h2-5,13-14,18H,6-11H2,1H3. The molecule has 0 radical (unpaired) electrons. The van der Waals surface area contributed by atoms with Gasteiger partial charge in [-0.1, -0.05) is 18.2 Å². The number of likely N-dealkylation sites (tertiary alicyclic amines) is 1. The van der Waals surface area contributed by atoms with Crippen LogP contribution in [0.2, 0.25) is 0 Å². The van der Waals surface area contributed by atoms with Crippen LogP contribution >= 0.6 is 0 Å². The van der Waals surface area contributed by atoms with E-state index < -0.39 is 0 Å². The maximum absolute atomic E-state index is 9.86. The largest absolute Gasteiger partial charge is 0.508 e. The topological polar surface area (TPSA) is 26.7 Å². The lowest BCUT2D eigenvalue weighted by Gasteiger charge is -2.25. The highest BCUT2D eigenvalue weighted by Crippen LogP contribution is 2.29. The van der Waals surface area contributed by atoms with Gasteiger partial charge in [-0.25, -0.2) is 0 Å². The van der Waals surface area contributed by atoms with Gasteiger partial charge in [0.25, 0.3) is 0 Å². The first-order chi connectivity index (χ1) is 8.74. The van der Waals surface area contributed by atoms with E-state index in [1.807, 2.05) is 18.2 Å². The number of phenolic OH excluding ortho intramolecular Hbond substituents is 1. The molecule has 98 valence electrons. The Bertz CT molecular complexity index is 421. The number of nitrogens with zero attached hydrogens (tertiary/aromatic N) is 2. The smallest absolute Gasteiger partial charge is 0.120 e. The van der Waals surface area contributed by atoms with Crippen molar-refractivity contribution in [1.82, 2.24) is 9.80 Å². The number of benzene rings is 1. The van der Waals surface area contributed by atoms with E-state index in [2.05, 4.69) is 16.8 Å². The van der Waals surface area contributed by atoms with E-state index in [0.29, 0.717) is 11.8 Å². The second-order valence-electron chi connectivity index (χ2n) is 5.70. The van der Waals surface area contributed by atoms with Gasteiger partial charge in [-0.2, -0.15) is 0 Å². The lowest BCUT2D eigenvalue weighted by molar-refractivity contribution is 0.213. The molecule has 3 nitrogen and oxygen atoms in total. The SMILES string of the molecule is CN1C2CCC1CN(Cc1ccccc1O)CC2. The van der Waals surface area contributed by atoms with E-state index in [9.17, 15) is 5.11 Å². The molecule has 2 heterocycles. The molecule has 2 saturated heterocycles. The van der Waals surface area contributed by atoms with E-state index in [1.165, 1.54) is 19.3 Å². The minimum atomic E-state index is 0.431. The fraction of sp³-hybridized carbons (Fsp3) is 0.600. The van der Waals surface area contributed by atoms with E-state index in [4.69, 9.17) is 0 Å². The number of para-hydroxylation sites is 1. The maximum atomic E-state index is 9.86. The van der Waals surface area contributed by atoms with Crippen molar-refractivity contribution in [3.05, 3.63) is 29.8 Å². The van der Waals surface area contributed by atoms with Gasteiger partial charge in [0.2, 0.25) is 0 Å². The summed E-state index contributed by atoms with van der Waals surface area (Å²) < 4.78 is 0. The zero-order valence-corrected chi connectivity index (χ0v) is 11.0. The second-order valence-corrected chi connectivity index (χ2v) is 5.70. The summed E-state index contributed by atoms with van der Waals surface area (Å²) in [5.74, 6) is 0.431. The highest BCUT2D eigenvalue weighted by Gasteiger charge is 2.34. The predicted molar refractivity (Wildman–Crippen MR) is 72.6 cm³/mol. The number of likely N-dealkylation sites (N-methyl/N-ethyl adjacent to an activating group) is 1. The second kappa shape index (κ2) is 4.90. The van der Waals surface area contributed by atoms with Gasteiger partial charge in [-0.3, -0.25) is 9.80 Å². The van der Waals surface area contributed by atoms with Gasteiger partial charge in [0, 0.05) is 37.3 Å². The normalized spacial score (nSPS) is 29.4. The Kier molecular flexibility index (Phi) is 3.27. The Labute approximate surface area is 109 Å². The molecule has 1 aromatic carbocycles. The maximum Gasteiger partial charge on any atom is 0.120 e. The number of fused-ring (bicyclic) bond motifs is 2. The van der Waals surface area contributed by atoms with Gasteiger partial charge in [-0.05, 0) is 32.4 Å². The number of hydrogen-bond acceptors (Lipinski definition) is 3. The van der Waals surface area contributed by atoms with Crippen LogP contribution in [-0.2, 0) is 6.54 Å². The molecule has 2 fully saturated rings. The number of hydrogen-bond donors (Lipinski definition) is 1. The van der Waals surface area contributed by atoms with Crippen molar-refractivity contribution in [3.63, 3.8) is 0 Å². The summed E-state index contributed by atoms with van der Waals surface area (Å²) in [6, 6.07) is 9.20. The highest BCUT2D eigenvalue weighted by molar-refractivity contribution is 5.31. The van der Waals surface area contributed by atoms with Crippen molar-refractivity contribution >= 4 is 0 Å². The average molecular weight is 246 g/mol. The predicted octanol–water partition coefficient (Wildman–Crippen LogP) is 2.06. The molecule has 3 rings (SSSR count). The molecular formula is C15H22N2O. The van der Waals surface area contributed by atoms with Gasteiger partial charge >= 0.3 is 0 Å². The molecule has 2 unspecified atom stereocenters. The van der Waals surface area contributed by atoms with Gasteiger partial charge in [0.05, 0.1) is 0 Å². The average Bonchev–Trinajstić information content (AvgIpc) is 2.60. The van der Waals surface area contributed by atoms with Crippen molar-refractivity contribution in [3.8, 4) is 5.75 Å². The summed E-state index contributed by atoms with van der Waals surface area (Å²) in [5.41, 5.74) is 1.05. The lowest BCUT2D eigenvalue weighted by Crippen LogP contribution is -2.36. The molecule has 2 aliphatic rings. The van der Waals surface area contributed by atoms with Crippen molar-refractivity contribution in [2.45, 2.75) is 37.9 Å². The van der Waals surface area contributed by atoms with Gasteiger partial charge in [0.1, 0.15) is 5.75 Å². The van der Waals surface area contributed by atoms with Crippen molar-refractivity contribution in [2.75, 3.05) is 20.1 Å². The van der Waals surface area contributed by atoms with Crippen LogP contribution in [0.3, 0.4) is 0 Å². The van der Waals surface area contributed by atoms with Crippen LogP contribution in [0.4, 0.5) is 0 Å². The minimum Gasteiger partial charge on any atom is -0.508 e.